The molecule has 1 fully saturated rings. The minimum Gasteiger partial charge on any atom is -0.396 e. The van der Waals surface area contributed by atoms with Gasteiger partial charge in [-0.15, -0.1) is 0 Å². The molecule has 0 saturated heterocycles. The number of aliphatic hydroxyl groups excluding tert-OH is 1. The Balaban J connectivity index is 2.28. The van der Waals surface area contributed by atoms with Crippen LogP contribution in [0.5, 0.6) is 0 Å². The summed E-state index contributed by atoms with van der Waals surface area (Å²) in [6, 6.07) is 0.696. The Morgan fingerprint density at radius 1 is 1.00 bits per heavy atom. The van der Waals surface area contributed by atoms with Crippen molar-refractivity contribution in [3.8, 4) is 0 Å². The van der Waals surface area contributed by atoms with Gasteiger partial charge in [0.1, 0.15) is 0 Å². The normalized spacial score (nSPS) is 26.3. The van der Waals surface area contributed by atoms with E-state index in [1.807, 2.05) is 0 Å². The number of aliphatic hydroxyl groups is 1. The molecule has 2 nitrogen and oxygen atoms in total. The first-order valence-corrected chi connectivity index (χ1v) is 7.59. The second-order valence-corrected chi connectivity index (χ2v) is 7.93. The van der Waals surface area contributed by atoms with Gasteiger partial charge in [-0.05, 0) is 48.9 Å². The molecular weight excluding hydrogens is 222 g/mol. The highest BCUT2D eigenvalue weighted by atomic mass is 16.3. The Kier molecular flexibility index (Phi) is 5.67. The zero-order valence-electron chi connectivity index (χ0n) is 13.1. The van der Waals surface area contributed by atoms with Crippen LogP contribution in [0.15, 0.2) is 0 Å². The van der Waals surface area contributed by atoms with Crippen LogP contribution in [0.2, 0.25) is 0 Å². The van der Waals surface area contributed by atoms with Gasteiger partial charge < -0.3 is 10.4 Å². The minimum absolute atomic E-state index is 0.218. The van der Waals surface area contributed by atoms with Crippen molar-refractivity contribution in [3.05, 3.63) is 0 Å². The Morgan fingerprint density at radius 2 is 1.56 bits per heavy atom. The lowest BCUT2D eigenvalue weighted by molar-refractivity contribution is 0.149. The van der Waals surface area contributed by atoms with Gasteiger partial charge in [-0.2, -0.15) is 0 Å². The molecule has 0 amide bonds. The van der Waals surface area contributed by atoms with Crippen LogP contribution in [0.3, 0.4) is 0 Å². The molecule has 108 valence electrons. The lowest BCUT2D eigenvalue weighted by Gasteiger charge is -2.38. The average molecular weight is 255 g/mol. The molecule has 2 heteroatoms. The molecule has 0 atom stereocenters. The molecule has 0 aromatic rings. The van der Waals surface area contributed by atoms with Gasteiger partial charge in [-0.1, -0.05) is 34.6 Å². The fraction of sp³-hybridized carbons (Fsp3) is 1.00. The average Bonchev–Trinajstić information content (AvgIpc) is 2.26. The predicted octanol–water partition coefficient (Wildman–Crippen LogP) is 3.59. The Hall–Kier alpha value is -0.0800. The third-order valence-corrected chi connectivity index (χ3v) is 4.61. The van der Waals surface area contributed by atoms with Crippen LogP contribution in [-0.2, 0) is 0 Å². The van der Waals surface area contributed by atoms with E-state index in [1.165, 1.54) is 25.7 Å². The fourth-order valence-corrected chi connectivity index (χ4v) is 2.98. The molecule has 1 rings (SSSR count). The quantitative estimate of drug-likeness (QED) is 0.787. The van der Waals surface area contributed by atoms with Crippen molar-refractivity contribution < 1.29 is 5.11 Å². The number of hydrogen-bond donors (Lipinski definition) is 2. The molecule has 0 spiro atoms. The highest BCUT2D eigenvalue weighted by Crippen LogP contribution is 2.37. The maximum Gasteiger partial charge on any atom is 0.0436 e. The van der Waals surface area contributed by atoms with Gasteiger partial charge in [-0.3, -0.25) is 0 Å². The molecule has 0 unspecified atom stereocenters. The maximum atomic E-state index is 9.04. The summed E-state index contributed by atoms with van der Waals surface area (Å²) in [6.07, 6.45) is 6.24. The van der Waals surface area contributed by atoms with Gasteiger partial charge >= 0.3 is 0 Å². The third kappa shape index (κ3) is 5.27. The van der Waals surface area contributed by atoms with Crippen LogP contribution in [-0.4, -0.2) is 24.3 Å². The van der Waals surface area contributed by atoms with Crippen LogP contribution < -0.4 is 5.32 Å². The van der Waals surface area contributed by atoms with E-state index < -0.39 is 0 Å². The topological polar surface area (TPSA) is 32.3 Å². The molecule has 1 aliphatic carbocycles. The monoisotopic (exact) mass is 255 g/mol. The van der Waals surface area contributed by atoms with E-state index in [4.69, 9.17) is 5.11 Å². The molecule has 0 radical (unpaired) electrons. The fourth-order valence-electron chi connectivity index (χ4n) is 2.98. The number of hydrogen-bond acceptors (Lipinski definition) is 2. The van der Waals surface area contributed by atoms with E-state index in [1.54, 1.807) is 0 Å². The van der Waals surface area contributed by atoms with Crippen molar-refractivity contribution in [2.75, 3.05) is 13.2 Å². The Bertz CT molecular complexity index is 234. The molecule has 18 heavy (non-hydrogen) atoms. The SMILES string of the molecule is CC(C)(CCO)CNC1CCC(C(C)(C)C)CC1. The van der Waals surface area contributed by atoms with E-state index in [0.717, 1.165) is 18.9 Å². The molecule has 1 saturated carbocycles. The largest absolute Gasteiger partial charge is 0.396 e. The van der Waals surface area contributed by atoms with E-state index in [-0.39, 0.29) is 5.41 Å². The Labute approximate surface area is 114 Å². The zero-order valence-corrected chi connectivity index (χ0v) is 13.1. The van der Waals surface area contributed by atoms with Gasteiger partial charge in [0, 0.05) is 19.2 Å². The van der Waals surface area contributed by atoms with E-state index >= 15 is 0 Å². The first-order chi connectivity index (χ1) is 8.24. The van der Waals surface area contributed by atoms with Gasteiger partial charge in [-0.25, -0.2) is 0 Å². The van der Waals surface area contributed by atoms with Gasteiger partial charge in [0.25, 0.3) is 0 Å². The molecule has 2 N–H and O–H groups in total. The standard InChI is InChI=1S/C16H33NO/c1-15(2,3)13-6-8-14(9-7-13)17-12-16(4,5)10-11-18/h13-14,17-18H,6-12H2,1-5H3. The molecule has 0 bridgehead atoms. The summed E-state index contributed by atoms with van der Waals surface area (Å²) >= 11 is 0. The summed E-state index contributed by atoms with van der Waals surface area (Å²) in [5.74, 6) is 0.890. The lowest BCUT2D eigenvalue weighted by atomic mass is 9.71. The van der Waals surface area contributed by atoms with E-state index in [9.17, 15) is 0 Å². The first-order valence-electron chi connectivity index (χ1n) is 7.59. The Morgan fingerprint density at radius 3 is 2.00 bits per heavy atom. The molecular formula is C16H33NO. The highest BCUT2D eigenvalue weighted by molar-refractivity contribution is 4.84. The highest BCUT2D eigenvalue weighted by Gasteiger charge is 2.30. The van der Waals surface area contributed by atoms with Crippen molar-refractivity contribution in [1.29, 1.82) is 0 Å². The summed E-state index contributed by atoms with van der Waals surface area (Å²) in [7, 11) is 0. The van der Waals surface area contributed by atoms with E-state index in [2.05, 4.69) is 39.9 Å². The molecule has 0 aromatic carbocycles. The number of rotatable bonds is 5. The zero-order chi connectivity index (χ0) is 13.8. The third-order valence-electron chi connectivity index (χ3n) is 4.61. The second kappa shape index (κ2) is 6.38. The predicted molar refractivity (Wildman–Crippen MR) is 78.7 cm³/mol. The lowest BCUT2D eigenvalue weighted by Crippen LogP contribution is -2.40. The first kappa shape index (κ1) is 16.0. The summed E-state index contributed by atoms with van der Waals surface area (Å²) in [6.45, 7) is 12.9. The van der Waals surface area contributed by atoms with Crippen molar-refractivity contribution in [1.82, 2.24) is 5.32 Å². The molecule has 0 aromatic heterocycles. The van der Waals surface area contributed by atoms with Gasteiger partial charge in [0.15, 0.2) is 0 Å². The summed E-state index contributed by atoms with van der Waals surface area (Å²) < 4.78 is 0. The minimum atomic E-state index is 0.218. The summed E-state index contributed by atoms with van der Waals surface area (Å²) in [5.41, 5.74) is 0.691. The van der Waals surface area contributed by atoms with E-state index in [0.29, 0.717) is 18.1 Å². The van der Waals surface area contributed by atoms with Crippen LogP contribution in [0, 0.1) is 16.7 Å². The van der Waals surface area contributed by atoms with Crippen LogP contribution >= 0.6 is 0 Å². The maximum absolute atomic E-state index is 9.04. The van der Waals surface area contributed by atoms with Gasteiger partial charge in [0.05, 0.1) is 0 Å². The van der Waals surface area contributed by atoms with Crippen molar-refractivity contribution in [2.45, 2.75) is 72.8 Å². The van der Waals surface area contributed by atoms with Crippen molar-refractivity contribution in [3.63, 3.8) is 0 Å². The van der Waals surface area contributed by atoms with Crippen LogP contribution in [0.25, 0.3) is 0 Å². The van der Waals surface area contributed by atoms with Crippen LogP contribution in [0.4, 0.5) is 0 Å². The summed E-state index contributed by atoms with van der Waals surface area (Å²) in [4.78, 5) is 0. The van der Waals surface area contributed by atoms with Gasteiger partial charge in [0.2, 0.25) is 0 Å². The molecule has 0 aliphatic heterocycles. The van der Waals surface area contributed by atoms with Crippen LogP contribution in [0.1, 0.15) is 66.7 Å². The molecule has 0 heterocycles. The number of nitrogens with one attached hydrogen (secondary N) is 1. The second-order valence-electron chi connectivity index (χ2n) is 7.93. The van der Waals surface area contributed by atoms with Crippen molar-refractivity contribution in [2.24, 2.45) is 16.7 Å². The van der Waals surface area contributed by atoms with Crippen molar-refractivity contribution >= 4 is 0 Å². The molecule has 1 aliphatic rings. The smallest absolute Gasteiger partial charge is 0.0436 e. The summed E-state index contributed by atoms with van der Waals surface area (Å²) in [5, 5.41) is 12.7.